The predicted molar refractivity (Wildman–Crippen MR) is 85.5 cm³/mol. The molecule has 1 aliphatic rings. The molecule has 0 amide bonds. The van der Waals surface area contributed by atoms with E-state index >= 15 is 0 Å². The summed E-state index contributed by atoms with van der Waals surface area (Å²) < 4.78 is 3.29. The Bertz CT molecular complexity index is 652. The number of aromatic nitrogens is 2. The Labute approximate surface area is 125 Å². The fourth-order valence-electron chi connectivity index (χ4n) is 2.94. The zero-order chi connectivity index (χ0) is 13.5. The zero-order valence-electron chi connectivity index (χ0n) is 11.0. The van der Waals surface area contributed by atoms with E-state index in [4.69, 9.17) is 0 Å². The van der Waals surface area contributed by atoms with E-state index in [0.717, 1.165) is 46.9 Å². The van der Waals surface area contributed by atoms with Crippen LogP contribution in [0.3, 0.4) is 0 Å². The molecule has 0 bridgehead atoms. The van der Waals surface area contributed by atoms with Crippen molar-refractivity contribution in [2.75, 3.05) is 13.1 Å². The molecule has 1 fully saturated rings. The quantitative estimate of drug-likeness (QED) is 0.797. The van der Waals surface area contributed by atoms with Crippen molar-refractivity contribution in [1.29, 1.82) is 0 Å². The van der Waals surface area contributed by atoms with Gasteiger partial charge in [-0.1, -0.05) is 6.92 Å². The van der Waals surface area contributed by atoms with Crippen molar-refractivity contribution in [1.82, 2.24) is 14.9 Å². The molecule has 2 aromatic heterocycles. The number of piperidine rings is 1. The third-order valence-electron chi connectivity index (χ3n) is 4.11. The molecule has 19 heavy (non-hydrogen) atoms. The van der Waals surface area contributed by atoms with Crippen molar-refractivity contribution in [2.45, 2.75) is 26.3 Å². The molecule has 0 aliphatic carbocycles. The highest BCUT2D eigenvalue weighted by molar-refractivity contribution is 14.1. The number of hydrogen-bond donors (Lipinski definition) is 2. The third-order valence-corrected chi connectivity index (χ3v) is 4.97. The van der Waals surface area contributed by atoms with E-state index in [1.807, 2.05) is 6.07 Å². The van der Waals surface area contributed by atoms with E-state index < -0.39 is 0 Å². The minimum Gasteiger partial charge on any atom is -0.341 e. The topological polar surface area (TPSA) is 49.8 Å². The number of rotatable bonds is 2. The van der Waals surface area contributed by atoms with Crippen molar-refractivity contribution < 1.29 is 0 Å². The Morgan fingerprint density at radius 2 is 2.16 bits per heavy atom. The molecule has 102 valence electrons. The second-order valence-electron chi connectivity index (χ2n) is 5.73. The first kappa shape index (κ1) is 13.2. The maximum atomic E-state index is 12.1. The van der Waals surface area contributed by atoms with E-state index in [9.17, 15) is 4.79 Å². The molecular weight excluding hydrogens is 353 g/mol. The van der Waals surface area contributed by atoms with Crippen LogP contribution in [0.5, 0.6) is 0 Å². The van der Waals surface area contributed by atoms with E-state index in [1.165, 1.54) is 0 Å². The van der Waals surface area contributed by atoms with Gasteiger partial charge in [-0.3, -0.25) is 4.79 Å². The first-order valence-electron chi connectivity index (χ1n) is 6.66. The van der Waals surface area contributed by atoms with Crippen molar-refractivity contribution in [3.8, 4) is 0 Å². The summed E-state index contributed by atoms with van der Waals surface area (Å²) in [4.78, 5) is 14.9. The van der Waals surface area contributed by atoms with E-state index in [2.05, 4.69) is 50.6 Å². The Kier molecular flexibility index (Phi) is 3.42. The molecular formula is C14H18IN3O. The van der Waals surface area contributed by atoms with Crippen LogP contribution in [0, 0.1) is 8.99 Å². The minimum absolute atomic E-state index is 0.0120. The zero-order valence-corrected chi connectivity index (χ0v) is 13.2. The largest absolute Gasteiger partial charge is 0.341 e. The van der Waals surface area contributed by atoms with Gasteiger partial charge in [0.2, 0.25) is 0 Å². The number of aromatic amines is 1. The Morgan fingerprint density at radius 1 is 1.42 bits per heavy atom. The summed E-state index contributed by atoms with van der Waals surface area (Å²) in [5, 5.41) is 4.46. The second-order valence-corrected chi connectivity index (χ2v) is 6.90. The first-order chi connectivity index (χ1) is 9.09. The molecule has 2 N–H and O–H groups in total. The lowest BCUT2D eigenvalue weighted by atomic mass is 9.81. The van der Waals surface area contributed by atoms with Crippen LogP contribution in [0.25, 0.3) is 10.9 Å². The average molecular weight is 371 g/mol. The maximum Gasteiger partial charge on any atom is 0.272 e. The highest BCUT2D eigenvalue weighted by Crippen LogP contribution is 2.32. The standard InChI is InChI=1S/C14H18IN3O/c1-14(3-6-16-7-4-14)9-18-8-11(15)10-2-5-17-13(19)12(10)18/h2,5,8,16H,3-4,6-7,9H2,1H3,(H,17,19). The Morgan fingerprint density at radius 3 is 2.89 bits per heavy atom. The van der Waals surface area contributed by atoms with Crippen LogP contribution in [0.15, 0.2) is 23.3 Å². The maximum absolute atomic E-state index is 12.1. The van der Waals surface area contributed by atoms with Gasteiger partial charge in [0.25, 0.3) is 5.56 Å². The number of pyridine rings is 1. The molecule has 0 unspecified atom stereocenters. The van der Waals surface area contributed by atoms with Gasteiger partial charge in [0.15, 0.2) is 0 Å². The van der Waals surface area contributed by atoms with Crippen LogP contribution < -0.4 is 10.9 Å². The molecule has 2 aromatic rings. The van der Waals surface area contributed by atoms with Crippen LogP contribution in [0.2, 0.25) is 0 Å². The lowest BCUT2D eigenvalue weighted by Gasteiger charge is -2.34. The molecule has 0 atom stereocenters. The number of hydrogen-bond acceptors (Lipinski definition) is 2. The van der Waals surface area contributed by atoms with Gasteiger partial charge < -0.3 is 14.9 Å². The fraction of sp³-hybridized carbons (Fsp3) is 0.500. The molecule has 0 radical (unpaired) electrons. The van der Waals surface area contributed by atoms with Crippen molar-refractivity contribution in [3.05, 3.63) is 32.4 Å². The van der Waals surface area contributed by atoms with Gasteiger partial charge in [-0.2, -0.15) is 0 Å². The van der Waals surface area contributed by atoms with Crippen LogP contribution in [-0.4, -0.2) is 22.6 Å². The summed E-state index contributed by atoms with van der Waals surface area (Å²) in [6.07, 6.45) is 6.15. The molecule has 3 heterocycles. The SMILES string of the molecule is CC1(Cn2cc(I)c3cc[nH]c(=O)c32)CCNCC1. The average Bonchev–Trinajstić information content (AvgIpc) is 2.68. The molecule has 5 heteroatoms. The van der Waals surface area contributed by atoms with E-state index in [0.29, 0.717) is 0 Å². The smallest absolute Gasteiger partial charge is 0.272 e. The fourth-order valence-corrected chi connectivity index (χ4v) is 3.71. The number of nitrogens with zero attached hydrogens (tertiary/aromatic N) is 1. The van der Waals surface area contributed by atoms with Gasteiger partial charge >= 0.3 is 0 Å². The van der Waals surface area contributed by atoms with Crippen LogP contribution >= 0.6 is 22.6 Å². The number of fused-ring (bicyclic) bond motifs is 1. The number of nitrogens with one attached hydrogen (secondary N) is 2. The summed E-state index contributed by atoms with van der Waals surface area (Å²) in [5.74, 6) is 0. The molecule has 4 nitrogen and oxygen atoms in total. The minimum atomic E-state index is 0.0120. The Hall–Kier alpha value is -0.820. The molecule has 3 rings (SSSR count). The third kappa shape index (κ3) is 2.45. The summed E-state index contributed by atoms with van der Waals surface area (Å²) in [7, 11) is 0. The van der Waals surface area contributed by atoms with Gasteiger partial charge in [-0.25, -0.2) is 0 Å². The lowest BCUT2D eigenvalue weighted by molar-refractivity contribution is 0.197. The first-order valence-corrected chi connectivity index (χ1v) is 7.74. The molecule has 1 aliphatic heterocycles. The highest BCUT2D eigenvalue weighted by atomic mass is 127. The van der Waals surface area contributed by atoms with E-state index in [1.54, 1.807) is 6.20 Å². The molecule has 1 saturated heterocycles. The van der Waals surface area contributed by atoms with Crippen LogP contribution in [0.4, 0.5) is 0 Å². The van der Waals surface area contributed by atoms with Gasteiger partial charge in [0.1, 0.15) is 5.52 Å². The summed E-state index contributed by atoms with van der Waals surface area (Å²) >= 11 is 2.31. The van der Waals surface area contributed by atoms with Crippen LogP contribution in [0.1, 0.15) is 19.8 Å². The van der Waals surface area contributed by atoms with Gasteiger partial charge in [0.05, 0.1) is 0 Å². The van der Waals surface area contributed by atoms with E-state index in [-0.39, 0.29) is 11.0 Å². The van der Waals surface area contributed by atoms with Gasteiger partial charge in [0, 0.05) is 27.9 Å². The summed E-state index contributed by atoms with van der Waals surface area (Å²) in [6, 6.07) is 1.99. The number of H-pyrrole nitrogens is 1. The predicted octanol–water partition coefficient (Wildman–Crippen LogP) is 2.32. The second kappa shape index (κ2) is 4.94. The van der Waals surface area contributed by atoms with Gasteiger partial charge in [-0.15, -0.1) is 0 Å². The Balaban J connectivity index is 2.03. The van der Waals surface area contributed by atoms with Crippen LogP contribution in [-0.2, 0) is 6.54 Å². The lowest BCUT2D eigenvalue weighted by Crippen LogP contribution is -2.37. The molecule has 0 aromatic carbocycles. The summed E-state index contributed by atoms with van der Waals surface area (Å²) in [6.45, 7) is 5.39. The molecule has 0 spiro atoms. The highest BCUT2D eigenvalue weighted by Gasteiger charge is 2.28. The van der Waals surface area contributed by atoms with Gasteiger partial charge in [-0.05, 0) is 60.0 Å². The summed E-state index contributed by atoms with van der Waals surface area (Å²) in [5.41, 5.74) is 1.10. The van der Waals surface area contributed by atoms with Crippen molar-refractivity contribution in [2.24, 2.45) is 5.41 Å². The monoisotopic (exact) mass is 371 g/mol. The van der Waals surface area contributed by atoms with Crippen molar-refractivity contribution in [3.63, 3.8) is 0 Å². The normalized spacial score (nSPS) is 18.8. The molecule has 0 saturated carbocycles. The number of halogens is 1. The van der Waals surface area contributed by atoms with Crippen molar-refractivity contribution >= 4 is 33.5 Å².